The van der Waals surface area contributed by atoms with Crippen LogP contribution in [0.4, 0.5) is 0 Å². The van der Waals surface area contributed by atoms with Crippen molar-refractivity contribution in [3.63, 3.8) is 0 Å². The average molecular weight is 378 g/mol. The van der Waals surface area contributed by atoms with E-state index in [0.29, 0.717) is 19.8 Å². The Morgan fingerprint density at radius 3 is 2.69 bits per heavy atom. The van der Waals surface area contributed by atoms with Crippen molar-refractivity contribution < 1.29 is 4.74 Å². The summed E-state index contributed by atoms with van der Waals surface area (Å²) >= 11 is 0. The van der Waals surface area contributed by atoms with Crippen molar-refractivity contribution >= 4 is 32.7 Å². The van der Waals surface area contributed by atoms with Gasteiger partial charge in [0.15, 0.2) is 0 Å². The standard InChI is InChI=1S/C24H18N4O/c1-2-8-20-18(6-1)14-25-15-19(20)7-5-12-29-13-11-28-17-27-23-16-26-22-10-4-3-9-21(22)24(23)28/h1-4,6,8-10,14-17H,11-13H2. The summed E-state index contributed by atoms with van der Waals surface area (Å²) < 4.78 is 7.86. The minimum atomic E-state index is 0.373. The van der Waals surface area contributed by atoms with Crippen LogP contribution in [0, 0.1) is 11.8 Å². The van der Waals surface area contributed by atoms with Gasteiger partial charge in [-0.05, 0) is 6.07 Å². The van der Waals surface area contributed by atoms with Gasteiger partial charge in [0, 0.05) is 35.1 Å². The molecule has 29 heavy (non-hydrogen) atoms. The molecule has 0 spiro atoms. The van der Waals surface area contributed by atoms with E-state index in [2.05, 4.69) is 43.5 Å². The monoisotopic (exact) mass is 378 g/mol. The molecule has 5 nitrogen and oxygen atoms in total. The molecule has 0 amide bonds. The number of ether oxygens (including phenoxy) is 1. The minimum Gasteiger partial charge on any atom is -0.367 e. The summed E-state index contributed by atoms with van der Waals surface area (Å²) in [5, 5.41) is 3.31. The predicted molar refractivity (Wildman–Crippen MR) is 114 cm³/mol. The fraction of sp³-hybridized carbons (Fsp3) is 0.125. The van der Waals surface area contributed by atoms with Gasteiger partial charge in [0.25, 0.3) is 0 Å². The van der Waals surface area contributed by atoms with Crippen molar-refractivity contribution in [3.8, 4) is 11.8 Å². The van der Waals surface area contributed by atoms with Crippen molar-refractivity contribution in [2.24, 2.45) is 0 Å². The Bertz CT molecular complexity index is 1370. The van der Waals surface area contributed by atoms with Gasteiger partial charge < -0.3 is 9.30 Å². The molecule has 0 N–H and O–H groups in total. The molecular formula is C24H18N4O. The normalized spacial score (nSPS) is 11.0. The lowest BCUT2D eigenvalue weighted by Crippen LogP contribution is -2.05. The number of rotatable bonds is 4. The molecule has 0 radical (unpaired) electrons. The lowest BCUT2D eigenvalue weighted by Gasteiger charge is -2.06. The van der Waals surface area contributed by atoms with E-state index < -0.39 is 0 Å². The number of para-hydroxylation sites is 1. The molecule has 0 unspecified atom stereocenters. The molecule has 3 heterocycles. The van der Waals surface area contributed by atoms with E-state index in [4.69, 9.17) is 4.74 Å². The van der Waals surface area contributed by atoms with E-state index in [1.54, 1.807) is 6.20 Å². The lowest BCUT2D eigenvalue weighted by atomic mass is 10.1. The first kappa shape index (κ1) is 17.4. The first-order valence-electron chi connectivity index (χ1n) is 9.48. The Kier molecular flexibility index (Phi) is 4.61. The number of nitrogens with zero attached hydrogens (tertiary/aromatic N) is 4. The second-order valence-electron chi connectivity index (χ2n) is 6.71. The first-order valence-corrected chi connectivity index (χ1v) is 9.48. The molecule has 140 valence electrons. The number of benzene rings is 2. The van der Waals surface area contributed by atoms with Crippen LogP contribution < -0.4 is 0 Å². The van der Waals surface area contributed by atoms with Gasteiger partial charge in [0.1, 0.15) is 12.1 Å². The van der Waals surface area contributed by atoms with Crippen LogP contribution in [0.15, 0.2) is 73.4 Å². The lowest BCUT2D eigenvalue weighted by molar-refractivity contribution is 0.158. The third kappa shape index (κ3) is 3.42. The number of pyridine rings is 2. The molecular weight excluding hydrogens is 360 g/mol. The van der Waals surface area contributed by atoms with Gasteiger partial charge in [-0.15, -0.1) is 0 Å². The van der Waals surface area contributed by atoms with E-state index in [1.807, 2.05) is 55.1 Å². The largest absolute Gasteiger partial charge is 0.367 e. The van der Waals surface area contributed by atoms with Crippen molar-refractivity contribution in [2.45, 2.75) is 6.54 Å². The van der Waals surface area contributed by atoms with Crippen molar-refractivity contribution in [2.75, 3.05) is 13.2 Å². The smallest absolute Gasteiger partial charge is 0.108 e. The quantitative estimate of drug-likeness (QED) is 0.347. The van der Waals surface area contributed by atoms with Crippen LogP contribution in [0.5, 0.6) is 0 Å². The van der Waals surface area contributed by atoms with Gasteiger partial charge in [0.2, 0.25) is 0 Å². The molecule has 0 saturated carbocycles. The minimum absolute atomic E-state index is 0.373. The number of hydrogen-bond donors (Lipinski definition) is 0. The Balaban J connectivity index is 1.26. The fourth-order valence-electron chi connectivity index (χ4n) is 3.51. The van der Waals surface area contributed by atoms with Crippen LogP contribution in [0.3, 0.4) is 0 Å². The van der Waals surface area contributed by atoms with Gasteiger partial charge in [-0.3, -0.25) is 9.97 Å². The van der Waals surface area contributed by atoms with E-state index in [9.17, 15) is 0 Å². The maximum absolute atomic E-state index is 5.74. The Morgan fingerprint density at radius 2 is 1.72 bits per heavy atom. The van der Waals surface area contributed by atoms with Crippen LogP contribution in [0.1, 0.15) is 5.56 Å². The Labute approximate surface area is 168 Å². The summed E-state index contributed by atoms with van der Waals surface area (Å²) in [6, 6.07) is 16.2. The highest BCUT2D eigenvalue weighted by Crippen LogP contribution is 2.22. The SMILES string of the molecule is C(#Cc1cncc2ccccc12)COCCn1cnc2cnc3ccccc3c21. The van der Waals surface area contributed by atoms with E-state index in [0.717, 1.165) is 38.3 Å². The molecule has 0 aliphatic rings. The highest BCUT2D eigenvalue weighted by Gasteiger charge is 2.07. The zero-order valence-electron chi connectivity index (χ0n) is 15.7. The Hall–Kier alpha value is -3.75. The van der Waals surface area contributed by atoms with Crippen LogP contribution in [-0.2, 0) is 11.3 Å². The van der Waals surface area contributed by atoms with Crippen molar-refractivity contribution in [1.82, 2.24) is 19.5 Å². The average Bonchev–Trinajstić information content (AvgIpc) is 3.20. The van der Waals surface area contributed by atoms with Crippen LogP contribution in [0.25, 0.3) is 32.7 Å². The number of aromatic nitrogens is 4. The second kappa shape index (κ2) is 7.70. The summed E-state index contributed by atoms with van der Waals surface area (Å²) in [5.41, 5.74) is 3.88. The molecule has 2 aromatic carbocycles. The van der Waals surface area contributed by atoms with Gasteiger partial charge in [-0.25, -0.2) is 4.98 Å². The number of fused-ring (bicyclic) bond motifs is 4. The van der Waals surface area contributed by atoms with Gasteiger partial charge >= 0.3 is 0 Å². The highest BCUT2D eigenvalue weighted by molar-refractivity contribution is 6.01. The molecule has 0 fully saturated rings. The highest BCUT2D eigenvalue weighted by atomic mass is 16.5. The first-order chi connectivity index (χ1) is 14.4. The zero-order chi connectivity index (χ0) is 19.5. The molecule has 3 aromatic heterocycles. The van der Waals surface area contributed by atoms with E-state index in [1.165, 1.54) is 0 Å². The molecule has 5 aromatic rings. The van der Waals surface area contributed by atoms with Crippen molar-refractivity contribution in [1.29, 1.82) is 0 Å². The molecule has 0 atom stereocenters. The third-order valence-corrected chi connectivity index (χ3v) is 4.89. The molecule has 0 aliphatic carbocycles. The molecule has 0 saturated heterocycles. The van der Waals surface area contributed by atoms with Gasteiger partial charge in [-0.2, -0.15) is 0 Å². The number of imidazole rings is 1. The summed E-state index contributed by atoms with van der Waals surface area (Å²) in [5.74, 6) is 6.26. The van der Waals surface area contributed by atoms with Gasteiger partial charge in [-0.1, -0.05) is 54.3 Å². The molecule has 5 rings (SSSR count). The van der Waals surface area contributed by atoms with E-state index in [-0.39, 0.29) is 0 Å². The summed E-state index contributed by atoms with van der Waals surface area (Å²) in [4.78, 5) is 13.2. The molecule has 0 aliphatic heterocycles. The molecule has 5 heteroatoms. The third-order valence-electron chi connectivity index (χ3n) is 4.89. The summed E-state index contributed by atoms with van der Waals surface area (Å²) in [7, 11) is 0. The van der Waals surface area contributed by atoms with Gasteiger partial charge in [0.05, 0.1) is 35.7 Å². The van der Waals surface area contributed by atoms with Crippen molar-refractivity contribution in [3.05, 3.63) is 79.0 Å². The maximum Gasteiger partial charge on any atom is 0.108 e. The maximum atomic E-state index is 5.74. The Morgan fingerprint density at radius 1 is 0.862 bits per heavy atom. The van der Waals surface area contributed by atoms with Crippen LogP contribution >= 0.6 is 0 Å². The zero-order valence-corrected chi connectivity index (χ0v) is 15.7. The topological polar surface area (TPSA) is 52.8 Å². The van der Waals surface area contributed by atoms with Crippen LogP contribution in [0.2, 0.25) is 0 Å². The van der Waals surface area contributed by atoms with E-state index >= 15 is 0 Å². The fourth-order valence-corrected chi connectivity index (χ4v) is 3.51. The summed E-state index contributed by atoms with van der Waals surface area (Å²) in [6.45, 7) is 1.64. The predicted octanol–water partition coefficient (Wildman–Crippen LogP) is 4.20. The molecule has 0 bridgehead atoms. The summed E-state index contributed by atoms with van der Waals surface area (Å²) in [6.07, 6.45) is 7.31. The second-order valence-corrected chi connectivity index (χ2v) is 6.71. The number of hydrogen-bond acceptors (Lipinski definition) is 4. The van der Waals surface area contributed by atoms with Crippen LogP contribution in [-0.4, -0.2) is 32.7 Å².